The van der Waals surface area contributed by atoms with Crippen LogP contribution in [-0.4, -0.2) is 53.6 Å². The number of piperidine rings is 1. The van der Waals surface area contributed by atoms with Crippen molar-refractivity contribution in [2.45, 2.75) is 52.2 Å². The summed E-state index contributed by atoms with van der Waals surface area (Å²) in [5.41, 5.74) is -0.527. The first kappa shape index (κ1) is 17.4. The van der Waals surface area contributed by atoms with Crippen molar-refractivity contribution >= 4 is 12.0 Å². The number of furan rings is 1. The van der Waals surface area contributed by atoms with Crippen LogP contribution in [0, 0.1) is 6.92 Å². The van der Waals surface area contributed by atoms with Crippen molar-refractivity contribution in [3.63, 3.8) is 0 Å². The van der Waals surface area contributed by atoms with Gasteiger partial charge in [0.15, 0.2) is 5.76 Å². The van der Waals surface area contributed by atoms with Crippen LogP contribution in [0.25, 0.3) is 0 Å². The number of nitrogens with zero attached hydrogens (tertiary/aromatic N) is 2. The summed E-state index contributed by atoms with van der Waals surface area (Å²) in [6, 6.07) is 3.43. The van der Waals surface area contributed by atoms with Gasteiger partial charge in [0.1, 0.15) is 11.4 Å². The largest absolute Gasteiger partial charge is 0.456 e. The number of carbonyl (C=O) groups is 2. The molecule has 23 heavy (non-hydrogen) atoms. The number of aryl methyl sites for hydroxylation is 1. The lowest BCUT2D eigenvalue weighted by atomic mass is 10.0. The summed E-state index contributed by atoms with van der Waals surface area (Å²) < 4.78 is 10.8. The van der Waals surface area contributed by atoms with Gasteiger partial charge in [0.05, 0.1) is 6.04 Å². The molecule has 0 N–H and O–H groups in total. The van der Waals surface area contributed by atoms with Crippen LogP contribution >= 0.6 is 0 Å². The van der Waals surface area contributed by atoms with E-state index in [9.17, 15) is 9.59 Å². The lowest BCUT2D eigenvalue weighted by Gasteiger charge is -2.37. The van der Waals surface area contributed by atoms with Crippen molar-refractivity contribution in [3.8, 4) is 0 Å². The normalized spacial score (nSPS) is 18.7. The molecule has 6 heteroatoms. The topological polar surface area (TPSA) is 63.0 Å². The summed E-state index contributed by atoms with van der Waals surface area (Å²) in [6.07, 6.45) is 1.35. The summed E-state index contributed by atoms with van der Waals surface area (Å²) in [5, 5.41) is 0. The molecule has 2 rings (SSSR count). The molecular weight excluding hydrogens is 296 g/mol. The van der Waals surface area contributed by atoms with E-state index in [2.05, 4.69) is 0 Å². The molecule has 0 bridgehead atoms. The summed E-state index contributed by atoms with van der Waals surface area (Å²) >= 11 is 0. The molecule has 1 fully saturated rings. The molecule has 1 aromatic rings. The molecule has 6 nitrogen and oxygen atoms in total. The van der Waals surface area contributed by atoms with E-state index >= 15 is 0 Å². The smallest absolute Gasteiger partial charge is 0.410 e. The first-order valence-corrected chi connectivity index (χ1v) is 7.99. The van der Waals surface area contributed by atoms with Gasteiger partial charge in [0, 0.05) is 20.1 Å². The molecule has 0 saturated carbocycles. The van der Waals surface area contributed by atoms with E-state index in [-0.39, 0.29) is 18.0 Å². The average molecular weight is 322 g/mol. The number of rotatable bonds is 2. The third kappa shape index (κ3) is 4.50. The summed E-state index contributed by atoms with van der Waals surface area (Å²) in [7, 11) is 1.73. The third-order valence-corrected chi connectivity index (χ3v) is 3.86. The highest BCUT2D eigenvalue weighted by Gasteiger charge is 2.31. The summed E-state index contributed by atoms with van der Waals surface area (Å²) in [6.45, 7) is 8.51. The quantitative estimate of drug-likeness (QED) is 0.839. The predicted molar refractivity (Wildman–Crippen MR) is 86.4 cm³/mol. The van der Waals surface area contributed by atoms with Gasteiger partial charge in [-0.2, -0.15) is 0 Å². The molecule has 2 heterocycles. The van der Waals surface area contributed by atoms with E-state index in [1.54, 1.807) is 29.0 Å². The zero-order chi connectivity index (χ0) is 17.2. The Morgan fingerprint density at radius 1 is 1.35 bits per heavy atom. The highest BCUT2D eigenvalue weighted by molar-refractivity contribution is 5.91. The van der Waals surface area contributed by atoms with Crippen LogP contribution < -0.4 is 0 Å². The van der Waals surface area contributed by atoms with Gasteiger partial charge in [-0.1, -0.05) is 0 Å². The monoisotopic (exact) mass is 322 g/mol. The molecule has 0 aliphatic carbocycles. The van der Waals surface area contributed by atoms with E-state index in [1.165, 1.54) is 0 Å². The third-order valence-electron chi connectivity index (χ3n) is 3.86. The Bertz CT molecular complexity index is 573. The van der Waals surface area contributed by atoms with E-state index < -0.39 is 5.60 Å². The Morgan fingerprint density at radius 2 is 2.04 bits per heavy atom. The highest BCUT2D eigenvalue weighted by Crippen LogP contribution is 2.20. The van der Waals surface area contributed by atoms with Gasteiger partial charge in [-0.05, 0) is 52.7 Å². The number of carbonyl (C=O) groups excluding carboxylic acids is 2. The zero-order valence-corrected chi connectivity index (χ0v) is 14.6. The van der Waals surface area contributed by atoms with E-state index in [4.69, 9.17) is 9.15 Å². The summed E-state index contributed by atoms with van der Waals surface area (Å²) in [4.78, 5) is 28.0. The molecule has 2 amide bonds. The van der Waals surface area contributed by atoms with Crippen LogP contribution in [0.15, 0.2) is 16.5 Å². The second-order valence-electron chi connectivity index (χ2n) is 7.05. The molecule has 1 aromatic heterocycles. The van der Waals surface area contributed by atoms with Gasteiger partial charge in [-0.3, -0.25) is 4.79 Å². The number of likely N-dealkylation sites (tertiary alicyclic amines) is 1. The second-order valence-corrected chi connectivity index (χ2v) is 7.05. The maximum Gasteiger partial charge on any atom is 0.410 e. The predicted octanol–water partition coefficient (Wildman–Crippen LogP) is 3.06. The lowest BCUT2D eigenvalue weighted by molar-refractivity contribution is 0.0128. The molecule has 0 radical (unpaired) electrons. The van der Waals surface area contributed by atoms with Crippen molar-refractivity contribution in [2.75, 3.05) is 20.1 Å². The minimum absolute atomic E-state index is 0.0430. The molecule has 0 unspecified atom stereocenters. The van der Waals surface area contributed by atoms with E-state index in [0.29, 0.717) is 24.6 Å². The van der Waals surface area contributed by atoms with Crippen molar-refractivity contribution < 1.29 is 18.7 Å². The van der Waals surface area contributed by atoms with Crippen molar-refractivity contribution in [3.05, 3.63) is 23.7 Å². The second kappa shape index (κ2) is 6.64. The highest BCUT2D eigenvalue weighted by atomic mass is 16.6. The van der Waals surface area contributed by atoms with Crippen LogP contribution in [0.4, 0.5) is 4.79 Å². The molecule has 1 atom stereocenters. The van der Waals surface area contributed by atoms with Crippen molar-refractivity contribution in [2.24, 2.45) is 0 Å². The maximum atomic E-state index is 12.5. The Morgan fingerprint density at radius 3 is 2.61 bits per heavy atom. The fourth-order valence-corrected chi connectivity index (χ4v) is 2.64. The average Bonchev–Trinajstić information content (AvgIpc) is 2.90. The van der Waals surface area contributed by atoms with Crippen LogP contribution in [0.5, 0.6) is 0 Å². The van der Waals surface area contributed by atoms with Crippen LogP contribution in [-0.2, 0) is 4.74 Å². The molecule has 1 aliphatic heterocycles. The minimum Gasteiger partial charge on any atom is -0.456 e. The van der Waals surface area contributed by atoms with Gasteiger partial charge >= 0.3 is 6.09 Å². The van der Waals surface area contributed by atoms with E-state index in [0.717, 1.165) is 12.8 Å². The standard InChI is InChI=1S/C17H26N2O4/c1-12-8-9-14(22-12)15(20)19-10-6-7-13(11-19)18(5)16(21)23-17(2,3)4/h8-9,13H,6-7,10-11H2,1-5H3/t13-/m0/s1. The Hall–Kier alpha value is -1.98. The van der Waals surface area contributed by atoms with Crippen molar-refractivity contribution in [1.29, 1.82) is 0 Å². The fraction of sp³-hybridized carbons (Fsp3) is 0.647. The number of amides is 2. The Kier molecular flexibility index (Phi) is 5.02. The first-order chi connectivity index (χ1) is 10.7. The SMILES string of the molecule is Cc1ccc(C(=O)N2CCC[C@H](N(C)C(=O)OC(C)(C)C)C2)o1. The zero-order valence-electron chi connectivity index (χ0n) is 14.6. The number of hydrogen-bond donors (Lipinski definition) is 0. The number of likely N-dealkylation sites (N-methyl/N-ethyl adjacent to an activating group) is 1. The van der Waals surface area contributed by atoms with Crippen LogP contribution in [0.3, 0.4) is 0 Å². The molecule has 0 spiro atoms. The van der Waals surface area contributed by atoms with Gasteiger partial charge < -0.3 is 19.0 Å². The molecule has 0 aromatic carbocycles. The van der Waals surface area contributed by atoms with Gasteiger partial charge in [0.25, 0.3) is 5.91 Å². The van der Waals surface area contributed by atoms with Crippen LogP contribution in [0.2, 0.25) is 0 Å². The lowest BCUT2D eigenvalue weighted by Crippen LogP contribution is -2.51. The van der Waals surface area contributed by atoms with Crippen LogP contribution in [0.1, 0.15) is 49.9 Å². The van der Waals surface area contributed by atoms with Gasteiger partial charge in [-0.25, -0.2) is 4.79 Å². The maximum absolute atomic E-state index is 12.5. The van der Waals surface area contributed by atoms with Gasteiger partial charge in [0.2, 0.25) is 0 Å². The molecular formula is C17H26N2O4. The Balaban J connectivity index is 2.00. The number of hydrogen-bond acceptors (Lipinski definition) is 4. The fourth-order valence-electron chi connectivity index (χ4n) is 2.64. The first-order valence-electron chi connectivity index (χ1n) is 7.99. The van der Waals surface area contributed by atoms with E-state index in [1.807, 2.05) is 27.7 Å². The van der Waals surface area contributed by atoms with Gasteiger partial charge in [-0.15, -0.1) is 0 Å². The molecule has 1 aliphatic rings. The Labute approximate surface area is 137 Å². The number of ether oxygens (including phenoxy) is 1. The minimum atomic E-state index is -0.527. The van der Waals surface area contributed by atoms with Crippen molar-refractivity contribution in [1.82, 2.24) is 9.80 Å². The molecule has 1 saturated heterocycles. The molecule has 128 valence electrons. The summed E-state index contributed by atoms with van der Waals surface area (Å²) in [5.74, 6) is 0.941.